The molecule has 1 aliphatic heterocycles. The largest absolute Gasteiger partial charge is 0.366 e. The molecular weight excluding hydrogens is 305 g/mol. The summed E-state index contributed by atoms with van der Waals surface area (Å²) in [5, 5.41) is 3.01. The van der Waals surface area contributed by atoms with Gasteiger partial charge in [0.25, 0.3) is 0 Å². The molecule has 2 aromatic rings. The first-order valence-electron chi connectivity index (χ1n) is 8.18. The van der Waals surface area contributed by atoms with E-state index in [1.54, 1.807) is 17.0 Å². The Bertz CT molecular complexity index is 719. The van der Waals surface area contributed by atoms with Gasteiger partial charge in [0.15, 0.2) is 0 Å². The van der Waals surface area contributed by atoms with Crippen LogP contribution in [0.5, 0.6) is 0 Å². The molecule has 126 valence electrons. The highest BCUT2D eigenvalue weighted by Crippen LogP contribution is 2.22. The van der Waals surface area contributed by atoms with Crippen molar-refractivity contribution in [2.24, 2.45) is 0 Å². The van der Waals surface area contributed by atoms with E-state index in [-0.39, 0.29) is 11.8 Å². The molecule has 1 aliphatic rings. The number of nitrogens with zero attached hydrogens (tertiary/aromatic N) is 2. The smallest absolute Gasteiger partial charge is 0.321 e. The van der Waals surface area contributed by atoms with Crippen molar-refractivity contribution in [2.75, 3.05) is 36.4 Å². The van der Waals surface area contributed by atoms with Crippen molar-refractivity contribution in [3.8, 4) is 0 Å². The zero-order valence-corrected chi connectivity index (χ0v) is 14.1. The number of para-hydroxylation sites is 2. The second kappa shape index (κ2) is 6.91. The average Bonchev–Trinajstić information content (AvgIpc) is 2.59. The van der Waals surface area contributed by atoms with Gasteiger partial charge in [-0.1, -0.05) is 30.3 Å². The number of hydrogen-bond donors (Lipinski definition) is 1. The fourth-order valence-corrected chi connectivity index (χ4v) is 3.06. The second-order valence-corrected chi connectivity index (χ2v) is 6.12. The van der Waals surface area contributed by atoms with E-state index in [9.17, 15) is 9.18 Å². The van der Waals surface area contributed by atoms with Gasteiger partial charge in [0.2, 0.25) is 0 Å². The number of carbonyl (C=O) groups is 1. The molecule has 0 aromatic heterocycles. The quantitative estimate of drug-likeness (QED) is 0.911. The Morgan fingerprint density at radius 2 is 1.58 bits per heavy atom. The van der Waals surface area contributed by atoms with E-state index in [0.717, 1.165) is 16.8 Å². The van der Waals surface area contributed by atoms with E-state index >= 15 is 0 Å². The van der Waals surface area contributed by atoms with Crippen molar-refractivity contribution in [3.63, 3.8) is 0 Å². The standard InChI is InChI=1S/C19H22FN3O/c1-14-6-5-7-15(2)18(14)21-19(24)23-12-10-22(11-13-23)17-9-4-3-8-16(17)20/h3-9H,10-13H2,1-2H3,(H,21,24). The first-order chi connectivity index (χ1) is 11.6. The minimum absolute atomic E-state index is 0.0967. The highest BCUT2D eigenvalue weighted by atomic mass is 19.1. The van der Waals surface area contributed by atoms with Crippen LogP contribution in [0.25, 0.3) is 0 Å². The Morgan fingerprint density at radius 3 is 2.21 bits per heavy atom. The number of halogens is 1. The third-order valence-corrected chi connectivity index (χ3v) is 4.47. The average molecular weight is 327 g/mol. The lowest BCUT2D eigenvalue weighted by atomic mass is 10.1. The van der Waals surface area contributed by atoms with Crippen molar-refractivity contribution >= 4 is 17.4 Å². The lowest BCUT2D eigenvalue weighted by Crippen LogP contribution is -2.50. The molecule has 1 saturated heterocycles. The number of piperazine rings is 1. The van der Waals surface area contributed by atoms with E-state index in [1.165, 1.54) is 6.07 Å². The predicted molar refractivity (Wildman–Crippen MR) is 95.1 cm³/mol. The highest BCUT2D eigenvalue weighted by Gasteiger charge is 2.23. The first-order valence-corrected chi connectivity index (χ1v) is 8.18. The molecule has 2 aromatic carbocycles. The van der Waals surface area contributed by atoms with Gasteiger partial charge in [-0.2, -0.15) is 0 Å². The number of rotatable bonds is 2. The number of aryl methyl sites for hydroxylation is 2. The van der Waals surface area contributed by atoms with Gasteiger partial charge in [0, 0.05) is 31.9 Å². The van der Waals surface area contributed by atoms with Crippen LogP contribution in [0.2, 0.25) is 0 Å². The predicted octanol–water partition coefficient (Wildman–Crippen LogP) is 3.80. The molecule has 0 spiro atoms. The van der Waals surface area contributed by atoms with Crippen molar-refractivity contribution in [1.29, 1.82) is 0 Å². The molecule has 0 radical (unpaired) electrons. The van der Waals surface area contributed by atoms with Crippen LogP contribution in [0.1, 0.15) is 11.1 Å². The maximum absolute atomic E-state index is 13.9. The summed E-state index contributed by atoms with van der Waals surface area (Å²) in [5.74, 6) is -0.217. The number of amides is 2. The molecule has 1 heterocycles. The van der Waals surface area contributed by atoms with Crippen LogP contribution in [-0.4, -0.2) is 37.1 Å². The Morgan fingerprint density at radius 1 is 0.958 bits per heavy atom. The topological polar surface area (TPSA) is 35.6 Å². The number of carbonyl (C=O) groups excluding carboxylic acids is 1. The van der Waals surface area contributed by atoms with Crippen LogP contribution in [0.15, 0.2) is 42.5 Å². The van der Waals surface area contributed by atoms with Gasteiger partial charge in [0.05, 0.1) is 5.69 Å². The lowest BCUT2D eigenvalue weighted by Gasteiger charge is -2.36. The van der Waals surface area contributed by atoms with Gasteiger partial charge in [-0.05, 0) is 37.1 Å². The molecule has 0 unspecified atom stereocenters. The second-order valence-electron chi connectivity index (χ2n) is 6.12. The van der Waals surface area contributed by atoms with Crippen LogP contribution < -0.4 is 10.2 Å². The van der Waals surface area contributed by atoms with Crippen LogP contribution in [0, 0.1) is 19.7 Å². The summed E-state index contributed by atoms with van der Waals surface area (Å²) in [6, 6.07) is 12.6. The first kappa shape index (κ1) is 16.3. The van der Waals surface area contributed by atoms with E-state index in [2.05, 4.69) is 5.32 Å². The Kier molecular flexibility index (Phi) is 4.69. The van der Waals surface area contributed by atoms with Gasteiger partial charge in [-0.25, -0.2) is 9.18 Å². The van der Waals surface area contributed by atoms with E-state index in [1.807, 2.05) is 43.0 Å². The summed E-state index contributed by atoms with van der Waals surface area (Å²) < 4.78 is 13.9. The summed E-state index contributed by atoms with van der Waals surface area (Å²) in [6.45, 7) is 6.37. The van der Waals surface area contributed by atoms with Crippen molar-refractivity contribution < 1.29 is 9.18 Å². The molecule has 24 heavy (non-hydrogen) atoms. The molecule has 3 rings (SSSR count). The maximum atomic E-state index is 13.9. The molecule has 2 amide bonds. The molecule has 0 aliphatic carbocycles. The van der Waals surface area contributed by atoms with Gasteiger partial charge in [-0.15, -0.1) is 0 Å². The maximum Gasteiger partial charge on any atom is 0.321 e. The van der Waals surface area contributed by atoms with Gasteiger partial charge in [-0.3, -0.25) is 0 Å². The summed E-state index contributed by atoms with van der Waals surface area (Å²) in [5.41, 5.74) is 3.58. The molecule has 0 saturated carbocycles. The van der Waals surface area contributed by atoms with E-state index in [0.29, 0.717) is 31.9 Å². The SMILES string of the molecule is Cc1cccc(C)c1NC(=O)N1CCN(c2ccccc2F)CC1. The summed E-state index contributed by atoms with van der Waals surface area (Å²) >= 11 is 0. The minimum Gasteiger partial charge on any atom is -0.366 e. The Hall–Kier alpha value is -2.56. The van der Waals surface area contributed by atoms with E-state index in [4.69, 9.17) is 0 Å². The monoisotopic (exact) mass is 327 g/mol. The number of anilines is 2. The van der Waals surface area contributed by atoms with Crippen LogP contribution in [-0.2, 0) is 0 Å². The molecule has 4 nitrogen and oxygen atoms in total. The van der Waals surface area contributed by atoms with Crippen LogP contribution in [0.4, 0.5) is 20.6 Å². The number of nitrogens with one attached hydrogen (secondary N) is 1. The minimum atomic E-state index is -0.217. The van der Waals surface area contributed by atoms with Gasteiger partial charge >= 0.3 is 6.03 Å². The van der Waals surface area contributed by atoms with Crippen LogP contribution in [0.3, 0.4) is 0 Å². The number of hydrogen-bond acceptors (Lipinski definition) is 2. The van der Waals surface area contributed by atoms with Crippen LogP contribution >= 0.6 is 0 Å². The zero-order valence-electron chi connectivity index (χ0n) is 14.1. The van der Waals surface area contributed by atoms with E-state index < -0.39 is 0 Å². The Balaban J connectivity index is 1.62. The molecule has 1 N–H and O–H groups in total. The summed E-state index contributed by atoms with van der Waals surface area (Å²) in [6.07, 6.45) is 0. The normalized spacial score (nSPS) is 14.6. The molecule has 5 heteroatoms. The fraction of sp³-hybridized carbons (Fsp3) is 0.316. The molecule has 0 bridgehead atoms. The Labute approximate surface area is 141 Å². The van der Waals surface area contributed by atoms with Crippen molar-refractivity contribution in [3.05, 3.63) is 59.4 Å². The van der Waals surface area contributed by atoms with Crippen molar-refractivity contribution in [1.82, 2.24) is 4.90 Å². The van der Waals surface area contributed by atoms with Crippen molar-refractivity contribution in [2.45, 2.75) is 13.8 Å². The molecular formula is C19H22FN3O. The third kappa shape index (κ3) is 3.35. The highest BCUT2D eigenvalue weighted by molar-refractivity contribution is 5.91. The third-order valence-electron chi connectivity index (χ3n) is 4.47. The zero-order chi connectivity index (χ0) is 17.1. The van der Waals surface area contributed by atoms with Gasteiger partial charge < -0.3 is 15.1 Å². The molecule has 0 atom stereocenters. The lowest BCUT2D eigenvalue weighted by molar-refractivity contribution is 0.208. The number of benzene rings is 2. The molecule has 1 fully saturated rings. The summed E-state index contributed by atoms with van der Waals surface area (Å²) in [4.78, 5) is 16.3. The van der Waals surface area contributed by atoms with Gasteiger partial charge in [0.1, 0.15) is 5.82 Å². The fourth-order valence-electron chi connectivity index (χ4n) is 3.06. The summed E-state index contributed by atoms with van der Waals surface area (Å²) in [7, 11) is 0. The number of urea groups is 1.